The molecule has 1 aromatic carbocycles. The van der Waals surface area contributed by atoms with Crippen molar-refractivity contribution in [3.05, 3.63) is 40.2 Å². The zero-order chi connectivity index (χ0) is 11.6. The van der Waals surface area contributed by atoms with Gasteiger partial charge in [0.2, 0.25) is 0 Å². The van der Waals surface area contributed by atoms with E-state index in [1.54, 1.807) is 0 Å². The Morgan fingerprint density at radius 1 is 1.20 bits per heavy atom. The van der Waals surface area contributed by atoms with Gasteiger partial charge in [-0.15, -0.1) is 0 Å². The topological polar surface area (TPSA) is 0 Å². The highest BCUT2D eigenvalue weighted by Crippen LogP contribution is 2.39. The van der Waals surface area contributed by atoms with E-state index in [2.05, 4.69) is 6.92 Å². The van der Waals surface area contributed by atoms with E-state index in [1.165, 1.54) is 6.07 Å². The highest BCUT2D eigenvalue weighted by atomic mass is 35.5. The van der Waals surface area contributed by atoms with E-state index in [4.69, 9.17) is 23.2 Å². The van der Waals surface area contributed by atoms with Crippen LogP contribution in [-0.4, -0.2) is 0 Å². The molecule has 0 amide bonds. The summed E-state index contributed by atoms with van der Waals surface area (Å²) in [7, 11) is 0. The lowest BCUT2D eigenvalue weighted by Gasteiger charge is -2.12. The number of hydrogen-bond donors (Lipinski definition) is 0. The quantitative estimate of drug-likeness (QED) is 0.714. The van der Waals surface area contributed by atoms with Crippen molar-refractivity contribution in [1.82, 2.24) is 0 Å². The minimum Gasteiger partial charge on any atom is -0.166 e. The molecule has 0 aliphatic heterocycles. The van der Waals surface area contributed by atoms with Crippen molar-refractivity contribution < 1.29 is 13.2 Å². The second-order valence-electron chi connectivity index (χ2n) is 3.04. The molecule has 0 atom stereocenters. The number of aryl methyl sites for hydroxylation is 1. The first kappa shape index (κ1) is 12.7. The molecule has 0 aliphatic rings. The van der Waals surface area contributed by atoms with E-state index in [0.717, 1.165) is 6.07 Å². The van der Waals surface area contributed by atoms with Crippen LogP contribution < -0.4 is 0 Å². The third-order valence-electron chi connectivity index (χ3n) is 1.86. The van der Waals surface area contributed by atoms with Gasteiger partial charge in [-0.1, -0.05) is 30.1 Å². The highest BCUT2D eigenvalue weighted by Gasteiger charge is 2.34. The summed E-state index contributed by atoms with van der Waals surface area (Å²) in [5, 5.41) is -0.521. The number of benzene rings is 1. The van der Waals surface area contributed by atoms with E-state index < -0.39 is 16.8 Å². The van der Waals surface area contributed by atoms with Crippen molar-refractivity contribution in [2.45, 2.75) is 19.0 Å². The zero-order valence-electron chi connectivity index (χ0n) is 7.67. The van der Waals surface area contributed by atoms with Crippen LogP contribution in [0.25, 0.3) is 0 Å². The maximum absolute atomic E-state index is 12.5. The Labute approximate surface area is 96.0 Å². The van der Waals surface area contributed by atoms with Crippen LogP contribution in [0.2, 0.25) is 10.0 Å². The predicted molar refractivity (Wildman–Crippen MR) is 55.1 cm³/mol. The summed E-state index contributed by atoms with van der Waals surface area (Å²) in [4.78, 5) is 0. The van der Waals surface area contributed by atoms with Gasteiger partial charge >= 0.3 is 6.18 Å². The lowest BCUT2D eigenvalue weighted by Crippen LogP contribution is -2.07. The molecule has 0 nitrogen and oxygen atoms in total. The van der Waals surface area contributed by atoms with Gasteiger partial charge in [0, 0.05) is 0 Å². The van der Waals surface area contributed by atoms with Crippen molar-refractivity contribution in [1.29, 1.82) is 0 Å². The van der Waals surface area contributed by atoms with E-state index in [9.17, 15) is 13.2 Å². The summed E-state index contributed by atoms with van der Waals surface area (Å²) in [6.45, 7) is 3.57. The smallest absolute Gasteiger partial charge is 0.166 e. The van der Waals surface area contributed by atoms with Crippen LogP contribution in [0.4, 0.5) is 13.2 Å². The molecule has 5 heteroatoms. The van der Waals surface area contributed by atoms with E-state index in [0.29, 0.717) is 18.4 Å². The summed E-state index contributed by atoms with van der Waals surface area (Å²) in [6.07, 6.45) is -3.52. The molecule has 1 aromatic rings. The molecule has 83 valence electrons. The average Bonchev–Trinajstić information content (AvgIpc) is 2.09. The Hall–Kier alpha value is -0.410. The molecule has 0 aromatic heterocycles. The van der Waals surface area contributed by atoms with Crippen molar-refractivity contribution in [2.75, 3.05) is 0 Å². The van der Waals surface area contributed by atoms with Gasteiger partial charge in [-0.25, -0.2) is 0 Å². The lowest BCUT2D eigenvalue weighted by molar-refractivity contribution is -0.137. The third kappa shape index (κ3) is 3.02. The molecule has 0 saturated heterocycles. The maximum Gasteiger partial charge on any atom is 0.417 e. The summed E-state index contributed by atoms with van der Waals surface area (Å²) in [5.74, 6) is 0. The number of halogens is 5. The summed E-state index contributed by atoms with van der Waals surface area (Å²) >= 11 is 11.1. The van der Waals surface area contributed by atoms with Crippen molar-refractivity contribution in [3.63, 3.8) is 0 Å². The van der Waals surface area contributed by atoms with E-state index >= 15 is 0 Å². The zero-order valence-corrected chi connectivity index (χ0v) is 9.18. The van der Waals surface area contributed by atoms with Crippen LogP contribution in [0.15, 0.2) is 12.1 Å². The molecule has 0 fully saturated rings. The molecule has 15 heavy (non-hydrogen) atoms. The second-order valence-corrected chi connectivity index (χ2v) is 3.83. The Bertz CT molecular complexity index is 358. The average molecular weight is 256 g/mol. The first-order valence-electron chi connectivity index (χ1n) is 4.20. The fourth-order valence-electron chi connectivity index (χ4n) is 1.20. The summed E-state index contributed by atoms with van der Waals surface area (Å²) < 4.78 is 37.5. The molecule has 1 radical (unpaired) electrons. The minimum atomic E-state index is -4.47. The minimum absolute atomic E-state index is 0.0741. The number of alkyl halides is 3. The molecule has 1 rings (SSSR count). The monoisotopic (exact) mass is 255 g/mol. The van der Waals surface area contributed by atoms with Gasteiger partial charge in [0.25, 0.3) is 0 Å². The van der Waals surface area contributed by atoms with Crippen LogP contribution in [0.5, 0.6) is 0 Å². The molecule has 0 bridgehead atoms. The molecule has 0 saturated carbocycles. The Morgan fingerprint density at radius 3 is 2.27 bits per heavy atom. The van der Waals surface area contributed by atoms with E-state index in [1.807, 2.05) is 0 Å². The van der Waals surface area contributed by atoms with Crippen LogP contribution in [0, 0.1) is 6.92 Å². The molecule has 0 spiro atoms. The number of hydrogen-bond acceptors (Lipinski definition) is 0. The molecule has 0 N–H and O–H groups in total. The van der Waals surface area contributed by atoms with Crippen LogP contribution in [-0.2, 0) is 12.6 Å². The first-order chi connectivity index (χ1) is 6.86. The maximum atomic E-state index is 12.5. The largest absolute Gasteiger partial charge is 0.417 e. The molecular weight excluding hydrogens is 248 g/mol. The van der Waals surface area contributed by atoms with Gasteiger partial charge < -0.3 is 0 Å². The Kier molecular flexibility index (Phi) is 3.90. The molecule has 0 heterocycles. The highest BCUT2D eigenvalue weighted by molar-refractivity contribution is 6.42. The van der Waals surface area contributed by atoms with Gasteiger partial charge in [0.1, 0.15) is 0 Å². The van der Waals surface area contributed by atoms with Gasteiger partial charge in [-0.2, -0.15) is 13.2 Å². The van der Waals surface area contributed by atoms with Crippen LogP contribution >= 0.6 is 23.2 Å². The standard InChI is InChI=1S/C10H8Cl2F3/c1-2-3-6-4-7(10(13,14)15)9(12)8(11)5-6/h4-5H,1-3H2. The van der Waals surface area contributed by atoms with Crippen LogP contribution in [0.3, 0.4) is 0 Å². The summed E-state index contributed by atoms with van der Waals surface area (Å²) in [5.41, 5.74) is -0.396. The number of rotatable bonds is 2. The Morgan fingerprint density at radius 2 is 1.80 bits per heavy atom. The van der Waals surface area contributed by atoms with Gasteiger partial charge in [0.15, 0.2) is 0 Å². The van der Waals surface area contributed by atoms with Gasteiger partial charge in [-0.3, -0.25) is 0 Å². The SMILES string of the molecule is [CH2]CCc1cc(Cl)c(Cl)c(C(F)(F)F)c1. The fourth-order valence-corrected chi connectivity index (χ4v) is 1.66. The van der Waals surface area contributed by atoms with Gasteiger partial charge in [-0.05, 0) is 30.5 Å². The fraction of sp³-hybridized carbons (Fsp3) is 0.300. The van der Waals surface area contributed by atoms with Crippen molar-refractivity contribution in [2.24, 2.45) is 0 Å². The predicted octanol–water partition coefficient (Wildman–Crippen LogP) is 4.78. The second kappa shape index (κ2) is 4.62. The normalized spacial score (nSPS) is 11.9. The third-order valence-corrected chi connectivity index (χ3v) is 2.66. The van der Waals surface area contributed by atoms with E-state index in [-0.39, 0.29) is 5.02 Å². The lowest BCUT2D eigenvalue weighted by atomic mass is 10.1. The molecular formula is C10H8Cl2F3. The first-order valence-corrected chi connectivity index (χ1v) is 4.96. The molecule has 0 unspecified atom stereocenters. The van der Waals surface area contributed by atoms with Crippen LogP contribution in [0.1, 0.15) is 17.5 Å². The van der Waals surface area contributed by atoms with Crippen molar-refractivity contribution >= 4 is 23.2 Å². The molecule has 0 aliphatic carbocycles. The Balaban J connectivity index is 3.25. The van der Waals surface area contributed by atoms with Gasteiger partial charge in [0.05, 0.1) is 15.6 Å². The summed E-state index contributed by atoms with van der Waals surface area (Å²) in [6, 6.07) is 2.45. The van der Waals surface area contributed by atoms with Crippen molar-refractivity contribution in [3.8, 4) is 0 Å².